The molecule has 0 spiro atoms. The van der Waals surface area contributed by atoms with Crippen LogP contribution in [0.5, 0.6) is 0 Å². The van der Waals surface area contributed by atoms with Crippen LogP contribution < -0.4 is 5.01 Å². The third kappa shape index (κ3) is 2.80. The second kappa shape index (κ2) is 6.33. The van der Waals surface area contributed by atoms with E-state index in [-0.39, 0.29) is 11.7 Å². The zero-order valence-corrected chi connectivity index (χ0v) is 14.1. The minimum absolute atomic E-state index is 0.101. The van der Waals surface area contributed by atoms with E-state index in [2.05, 4.69) is 46.2 Å². The predicted octanol–water partition coefficient (Wildman–Crippen LogP) is 4.53. The van der Waals surface area contributed by atoms with Gasteiger partial charge in [-0.15, -0.1) is 0 Å². The molecule has 0 unspecified atom stereocenters. The lowest BCUT2D eigenvalue weighted by atomic mass is 9.89. The van der Waals surface area contributed by atoms with E-state index in [1.54, 1.807) is 12.1 Å². The summed E-state index contributed by atoms with van der Waals surface area (Å²) in [4.78, 5) is 12.6. The Bertz CT molecular complexity index is 861. The molecule has 0 amide bonds. The van der Waals surface area contributed by atoms with E-state index in [9.17, 15) is 4.79 Å². The molecule has 122 valence electrons. The van der Waals surface area contributed by atoms with Crippen LogP contribution in [0.2, 0.25) is 5.02 Å². The molecule has 4 rings (SSSR count). The Kier molecular flexibility index (Phi) is 4.03. The summed E-state index contributed by atoms with van der Waals surface area (Å²) in [6, 6.07) is 17.8. The third-order valence-electron chi connectivity index (χ3n) is 4.85. The Labute approximate surface area is 146 Å². The number of benzene rings is 2. The summed E-state index contributed by atoms with van der Waals surface area (Å²) in [7, 11) is 0. The molecule has 2 aromatic carbocycles. The van der Waals surface area contributed by atoms with E-state index in [1.165, 1.54) is 10.9 Å². The topological polar surface area (TPSA) is 25.2 Å². The summed E-state index contributed by atoms with van der Waals surface area (Å²) < 4.78 is 2.22. The van der Waals surface area contributed by atoms with Crippen LogP contribution in [-0.4, -0.2) is 23.5 Å². The number of hydrogen-bond acceptors (Lipinski definition) is 2. The highest BCUT2D eigenvalue weighted by atomic mass is 35.5. The lowest BCUT2D eigenvalue weighted by Gasteiger charge is -2.34. The van der Waals surface area contributed by atoms with Crippen LogP contribution in [0.3, 0.4) is 0 Å². The van der Waals surface area contributed by atoms with Crippen LogP contribution >= 0.6 is 11.6 Å². The van der Waals surface area contributed by atoms with Gasteiger partial charge in [-0.25, -0.2) is 0 Å². The molecule has 0 N–H and O–H groups in total. The maximum atomic E-state index is 12.6. The summed E-state index contributed by atoms with van der Waals surface area (Å²) in [5.74, 6) is 0.341. The zero-order chi connectivity index (χ0) is 16.5. The second-order valence-corrected chi connectivity index (χ2v) is 6.75. The molecule has 24 heavy (non-hydrogen) atoms. The van der Waals surface area contributed by atoms with Crippen molar-refractivity contribution in [2.45, 2.75) is 12.8 Å². The number of para-hydroxylation sites is 1. The SMILES string of the molecule is O=C(c1ccc(Cl)cc1)C1CCN(n2ccc3ccccc32)CC1. The number of ketones is 1. The van der Waals surface area contributed by atoms with Crippen molar-refractivity contribution < 1.29 is 4.79 Å². The number of nitrogens with zero attached hydrogens (tertiary/aromatic N) is 2. The first-order valence-electron chi connectivity index (χ1n) is 8.33. The first-order chi connectivity index (χ1) is 11.7. The lowest BCUT2D eigenvalue weighted by Crippen LogP contribution is -2.42. The molecule has 4 heteroatoms. The number of halogens is 1. The molecule has 1 aromatic heterocycles. The Hall–Kier alpha value is -2.26. The van der Waals surface area contributed by atoms with Gasteiger partial charge in [-0.05, 0) is 49.2 Å². The number of carbonyl (C=O) groups excluding carboxylic acids is 1. The van der Waals surface area contributed by atoms with Crippen LogP contribution in [0.4, 0.5) is 0 Å². The molecule has 0 aliphatic carbocycles. The van der Waals surface area contributed by atoms with Gasteiger partial charge in [0, 0.05) is 41.2 Å². The monoisotopic (exact) mass is 338 g/mol. The van der Waals surface area contributed by atoms with Crippen LogP contribution in [0.15, 0.2) is 60.8 Å². The molecule has 0 bridgehead atoms. The van der Waals surface area contributed by atoms with Crippen molar-refractivity contribution in [3.8, 4) is 0 Å². The normalized spacial score (nSPS) is 15.8. The fourth-order valence-corrected chi connectivity index (χ4v) is 3.63. The summed E-state index contributed by atoms with van der Waals surface area (Å²) in [6.07, 6.45) is 3.88. The minimum atomic E-state index is 0.101. The quantitative estimate of drug-likeness (QED) is 0.656. The Morgan fingerprint density at radius 3 is 2.42 bits per heavy atom. The first-order valence-corrected chi connectivity index (χ1v) is 8.71. The zero-order valence-electron chi connectivity index (χ0n) is 13.4. The largest absolute Gasteiger partial charge is 0.313 e. The summed E-state index contributed by atoms with van der Waals surface area (Å²) in [6.45, 7) is 1.78. The van der Waals surface area contributed by atoms with Crippen molar-refractivity contribution in [3.63, 3.8) is 0 Å². The number of hydrogen-bond donors (Lipinski definition) is 0. The average molecular weight is 339 g/mol. The standard InChI is InChI=1S/C20H19ClN2O/c21-18-7-5-16(6-8-18)20(24)17-9-12-22(13-10-17)23-14-11-15-3-1-2-4-19(15)23/h1-8,11,14,17H,9-10,12-13H2. The third-order valence-corrected chi connectivity index (χ3v) is 5.11. The highest BCUT2D eigenvalue weighted by molar-refractivity contribution is 6.30. The number of carbonyl (C=O) groups is 1. The lowest BCUT2D eigenvalue weighted by molar-refractivity contribution is 0.0896. The molecular weight excluding hydrogens is 320 g/mol. The van der Waals surface area contributed by atoms with Crippen molar-refractivity contribution in [3.05, 3.63) is 71.4 Å². The van der Waals surface area contributed by atoms with Gasteiger partial charge in [0.25, 0.3) is 0 Å². The molecule has 1 saturated heterocycles. The highest BCUT2D eigenvalue weighted by Gasteiger charge is 2.26. The smallest absolute Gasteiger partial charge is 0.166 e. The fraction of sp³-hybridized carbons (Fsp3) is 0.250. The Morgan fingerprint density at radius 2 is 1.67 bits per heavy atom. The molecule has 3 nitrogen and oxygen atoms in total. The Morgan fingerprint density at radius 1 is 0.958 bits per heavy atom. The molecule has 0 atom stereocenters. The van der Waals surface area contributed by atoms with Crippen molar-refractivity contribution in [2.24, 2.45) is 5.92 Å². The molecule has 0 radical (unpaired) electrons. The van der Waals surface area contributed by atoms with Crippen molar-refractivity contribution in [1.82, 2.24) is 4.68 Å². The van der Waals surface area contributed by atoms with Gasteiger partial charge < -0.3 is 5.01 Å². The van der Waals surface area contributed by atoms with Crippen LogP contribution in [-0.2, 0) is 0 Å². The fourth-order valence-electron chi connectivity index (χ4n) is 3.51. The molecule has 0 saturated carbocycles. The minimum Gasteiger partial charge on any atom is -0.313 e. The van der Waals surface area contributed by atoms with Crippen LogP contribution in [0.1, 0.15) is 23.2 Å². The highest BCUT2D eigenvalue weighted by Crippen LogP contribution is 2.24. The number of rotatable bonds is 3. The maximum Gasteiger partial charge on any atom is 0.166 e. The number of aromatic nitrogens is 1. The average Bonchev–Trinajstić information content (AvgIpc) is 3.06. The van der Waals surface area contributed by atoms with Gasteiger partial charge in [-0.3, -0.25) is 9.47 Å². The van der Waals surface area contributed by atoms with E-state index in [1.807, 2.05) is 12.1 Å². The van der Waals surface area contributed by atoms with Crippen molar-refractivity contribution in [2.75, 3.05) is 18.1 Å². The molecular formula is C20H19ClN2O. The van der Waals surface area contributed by atoms with Crippen LogP contribution in [0.25, 0.3) is 10.9 Å². The number of piperidine rings is 1. The second-order valence-electron chi connectivity index (χ2n) is 6.32. The van der Waals surface area contributed by atoms with Gasteiger partial charge in [0.05, 0.1) is 5.52 Å². The maximum absolute atomic E-state index is 12.6. The first kappa shape index (κ1) is 15.3. The van der Waals surface area contributed by atoms with Gasteiger partial charge in [-0.1, -0.05) is 29.8 Å². The van der Waals surface area contributed by atoms with E-state index in [0.717, 1.165) is 31.5 Å². The molecule has 3 aromatic rings. The molecule has 1 fully saturated rings. The van der Waals surface area contributed by atoms with E-state index < -0.39 is 0 Å². The summed E-state index contributed by atoms with van der Waals surface area (Å²) >= 11 is 5.91. The van der Waals surface area contributed by atoms with Gasteiger partial charge in [0.1, 0.15) is 0 Å². The van der Waals surface area contributed by atoms with Crippen molar-refractivity contribution in [1.29, 1.82) is 0 Å². The molecule has 1 aliphatic rings. The van der Waals surface area contributed by atoms with E-state index in [0.29, 0.717) is 5.02 Å². The number of fused-ring (bicyclic) bond motifs is 1. The number of Topliss-reactive ketones (excluding diaryl/α,β-unsaturated/α-hetero) is 1. The summed E-state index contributed by atoms with van der Waals surface area (Å²) in [5.41, 5.74) is 1.99. The summed E-state index contributed by atoms with van der Waals surface area (Å²) in [5, 5.41) is 4.24. The predicted molar refractivity (Wildman–Crippen MR) is 98.4 cm³/mol. The van der Waals surface area contributed by atoms with E-state index >= 15 is 0 Å². The van der Waals surface area contributed by atoms with Crippen LogP contribution in [0, 0.1) is 5.92 Å². The molecule has 2 heterocycles. The molecule has 1 aliphatic heterocycles. The van der Waals surface area contributed by atoms with Crippen molar-refractivity contribution >= 4 is 28.3 Å². The van der Waals surface area contributed by atoms with E-state index in [4.69, 9.17) is 11.6 Å². The van der Waals surface area contributed by atoms with Gasteiger partial charge >= 0.3 is 0 Å². The van der Waals surface area contributed by atoms with Gasteiger partial charge in [0.15, 0.2) is 5.78 Å². The Balaban J connectivity index is 1.47. The van der Waals surface area contributed by atoms with Gasteiger partial charge in [0.2, 0.25) is 0 Å². The van der Waals surface area contributed by atoms with Gasteiger partial charge in [-0.2, -0.15) is 0 Å².